The summed E-state index contributed by atoms with van der Waals surface area (Å²) in [4.78, 5) is 11.0. The number of hydrogen-bond acceptors (Lipinski definition) is 3. The predicted octanol–water partition coefficient (Wildman–Crippen LogP) is 2.70. The van der Waals surface area contributed by atoms with Gasteiger partial charge in [-0.25, -0.2) is 9.97 Å². The van der Waals surface area contributed by atoms with Gasteiger partial charge in [-0.3, -0.25) is 0 Å². The van der Waals surface area contributed by atoms with Crippen LogP contribution in [0.25, 0.3) is 0 Å². The van der Waals surface area contributed by atoms with Gasteiger partial charge in [-0.05, 0) is 18.3 Å². The minimum absolute atomic E-state index is 0.481. The Morgan fingerprint density at radius 1 is 1.44 bits per heavy atom. The molecular weight excluding hydrogens is 222 g/mol. The Labute approximate surface area is 102 Å². The van der Waals surface area contributed by atoms with Crippen molar-refractivity contribution in [2.24, 2.45) is 11.8 Å². The first-order valence-corrected chi connectivity index (χ1v) is 6.36. The van der Waals surface area contributed by atoms with Crippen LogP contribution in [0.4, 0.5) is 5.95 Å². The van der Waals surface area contributed by atoms with Gasteiger partial charge in [0.1, 0.15) is 0 Å². The highest BCUT2D eigenvalue weighted by molar-refractivity contribution is 6.17. The maximum Gasteiger partial charge on any atom is 0.225 e. The molecule has 2 rings (SSSR count). The van der Waals surface area contributed by atoms with Crippen LogP contribution in [0.1, 0.15) is 25.8 Å². The molecule has 1 aliphatic rings. The molecule has 2 heterocycles. The number of nitrogens with zero attached hydrogens (tertiary/aromatic N) is 3. The Bertz CT molecular complexity index is 337. The van der Waals surface area contributed by atoms with Gasteiger partial charge in [0.25, 0.3) is 0 Å². The van der Waals surface area contributed by atoms with Gasteiger partial charge in [0.2, 0.25) is 5.95 Å². The summed E-state index contributed by atoms with van der Waals surface area (Å²) in [6, 6.07) is 0. The molecule has 0 N–H and O–H groups in total. The molecule has 1 aromatic rings. The summed E-state index contributed by atoms with van der Waals surface area (Å²) in [6.45, 7) is 6.72. The molecular formula is C12H18ClN3. The molecule has 0 aliphatic carbocycles. The van der Waals surface area contributed by atoms with E-state index < -0.39 is 0 Å². The normalized spacial score (nSPS) is 20.8. The minimum atomic E-state index is 0.481. The van der Waals surface area contributed by atoms with Crippen molar-refractivity contribution in [1.82, 2.24) is 9.97 Å². The lowest BCUT2D eigenvalue weighted by molar-refractivity contribution is 0.422. The van der Waals surface area contributed by atoms with Crippen LogP contribution in [-0.4, -0.2) is 23.1 Å². The van der Waals surface area contributed by atoms with Crippen molar-refractivity contribution in [3.63, 3.8) is 0 Å². The van der Waals surface area contributed by atoms with Crippen molar-refractivity contribution in [1.29, 1.82) is 0 Å². The van der Waals surface area contributed by atoms with E-state index in [1.807, 2.05) is 12.4 Å². The average molecular weight is 240 g/mol. The molecule has 0 radical (unpaired) electrons. The number of alkyl halides is 1. The van der Waals surface area contributed by atoms with E-state index in [1.54, 1.807) is 0 Å². The molecule has 0 spiro atoms. The Kier molecular flexibility index (Phi) is 3.64. The van der Waals surface area contributed by atoms with Crippen LogP contribution in [0.5, 0.6) is 0 Å². The highest BCUT2D eigenvalue weighted by Gasteiger charge is 2.26. The topological polar surface area (TPSA) is 29.0 Å². The second-order valence-corrected chi connectivity index (χ2v) is 5.03. The van der Waals surface area contributed by atoms with Gasteiger partial charge in [-0.15, -0.1) is 11.6 Å². The smallest absolute Gasteiger partial charge is 0.225 e. The summed E-state index contributed by atoms with van der Waals surface area (Å²) in [6.07, 6.45) is 4.88. The van der Waals surface area contributed by atoms with Crippen LogP contribution < -0.4 is 4.90 Å². The zero-order chi connectivity index (χ0) is 11.5. The fraction of sp³-hybridized carbons (Fsp3) is 0.667. The molecule has 4 heteroatoms. The summed E-state index contributed by atoms with van der Waals surface area (Å²) >= 11 is 5.71. The maximum atomic E-state index is 5.71. The number of hydrogen-bond donors (Lipinski definition) is 0. The highest BCUT2D eigenvalue weighted by Crippen LogP contribution is 2.25. The predicted molar refractivity (Wildman–Crippen MR) is 66.7 cm³/mol. The molecule has 1 saturated heterocycles. The fourth-order valence-corrected chi connectivity index (χ4v) is 2.23. The summed E-state index contributed by atoms with van der Waals surface area (Å²) in [5.74, 6) is 2.84. The van der Waals surface area contributed by atoms with Crippen LogP contribution in [0.3, 0.4) is 0 Å². The molecule has 1 aliphatic heterocycles. The Morgan fingerprint density at radius 3 is 2.62 bits per heavy atom. The Hall–Kier alpha value is -0.830. The van der Waals surface area contributed by atoms with E-state index in [0.29, 0.717) is 5.88 Å². The monoisotopic (exact) mass is 239 g/mol. The van der Waals surface area contributed by atoms with Gasteiger partial charge in [0.15, 0.2) is 0 Å². The second-order valence-electron chi connectivity index (χ2n) is 4.76. The van der Waals surface area contributed by atoms with Crippen molar-refractivity contribution in [3.8, 4) is 0 Å². The molecule has 1 atom stereocenters. The molecule has 3 nitrogen and oxygen atoms in total. The standard InChI is InChI=1S/C12H18ClN3/c1-9(2)11-3-4-16(8-11)12-14-6-10(5-13)7-15-12/h6-7,9,11H,3-5,8H2,1-2H3. The third kappa shape index (κ3) is 2.46. The van der Waals surface area contributed by atoms with E-state index >= 15 is 0 Å². The molecule has 0 amide bonds. The van der Waals surface area contributed by atoms with Gasteiger partial charge in [0, 0.05) is 31.0 Å². The quantitative estimate of drug-likeness (QED) is 0.760. The number of aromatic nitrogens is 2. The molecule has 1 unspecified atom stereocenters. The van der Waals surface area contributed by atoms with Crippen molar-refractivity contribution in [3.05, 3.63) is 18.0 Å². The lowest BCUT2D eigenvalue weighted by Gasteiger charge is -2.17. The van der Waals surface area contributed by atoms with E-state index in [9.17, 15) is 0 Å². The summed E-state index contributed by atoms with van der Waals surface area (Å²) < 4.78 is 0. The Balaban J connectivity index is 2.03. The third-order valence-corrected chi connectivity index (χ3v) is 3.60. The van der Waals surface area contributed by atoms with Crippen molar-refractivity contribution in [2.45, 2.75) is 26.1 Å². The van der Waals surface area contributed by atoms with E-state index in [-0.39, 0.29) is 0 Å². The van der Waals surface area contributed by atoms with Crippen LogP contribution in [0, 0.1) is 11.8 Å². The maximum absolute atomic E-state index is 5.71. The molecule has 0 aromatic carbocycles. The average Bonchev–Trinajstić information content (AvgIpc) is 2.78. The Morgan fingerprint density at radius 2 is 2.12 bits per heavy atom. The number of halogens is 1. The highest BCUT2D eigenvalue weighted by atomic mass is 35.5. The zero-order valence-corrected chi connectivity index (χ0v) is 10.6. The van der Waals surface area contributed by atoms with Gasteiger partial charge in [-0.1, -0.05) is 13.8 Å². The van der Waals surface area contributed by atoms with Gasteiger partial charge >= 0.3 is 0 Å². The van der Waals surface area contributed by atoms with Crippen LogP contribution >= 0.6 is 11.6 Å². The van der Waals surface area contributed by atoms with Crippen LogP contribution in [-0.2, 0) is 5.88 Å². The largest absolute Gasteiger partial charge is 0.341 e. The first-order valence-electron chi connectivity index (χ1n) is 5.82. The lowest BCUT2D eigenvalue weighted by Crippen LogP contribution is -2.23. The first kappa shape index (κ1) is 11.6. The molecule has 88 valence electrons. The molecule has 0 bridgehead atoms. The summed E-state index contributed by atoms with van der Waals surface area (Å²) in [5, 5.41) is 0. The van der Waals surface area contributed by atoms with Crippen LogP contribution in [0.15, 0.2) is 12.4 Å². The van der Waals surface area contributed by atoms with Gasteiger partial charge in [-0.2, -0.15) is 0 Å². The van der Waals surface area contributed by atoms with E-state index in [1.165, 1.54) is 6.42 Å². The summed E-state index contributed by atoms with van der Waals surface area (Å²) in [5.41, 5.74) is 0.977. The second kappa shape index (κ2) is 5.00. The van der Waals surface area contributed by atoms with Gasteiger partial charge in [0.05, 0.1) is 5.88 Å². The van der Waals surface area contributed by atoms with Gasteiger partial charge < -0.3 is 4.90 Å². The molecule has 1 aromatic heterocycles. The SMILES string of the molecule is CC(C)C1CCN(c2ncc(CCl)cn2)C1. The third-order valence-electron chi connectivity index (χ3n) is 3.30. The first-order chi connectivity index (χ1) is 7.70. The number of rotatable bonds is 3. The lowest BCUT2D eigenvalue weighted by atomic mass is 9.95. The minimum Gasteiger partial charge on any atom is -0.341 e. The fourth-order valence-electron chi connectivity index (χ4n) is 2.09. The zero-order valence-electron chi connectivity index (χ0n) is 9.86. The number of anilines is 1. The molecule has 16 heavy (non-hydrogen) atoms. The summed E-state index contributed by atoms with van der Waals surface area (Å²) in [7, 11) is 0. The van der Waals surface area contributed by atoms with Crippen molar-refractivity contribution >= 4 is 17.5 Å². The van der Waals surface area contributed by atoms with Crippen LogP contribution in [0.2, 0.25) is 0 Å². The van der Waals surface area contributed by atoms with Crippen molar-refractivity contribution < 1.29 is 0 Å². The molecule has 1 fully saturated rings. The van der Waals surface area contributed by atoms with E-state index in [2.05, 4.69) is 28.7 Å². The molecule has 0 saturated carbocycles. The van der Waals surface area contributed by atoms with E-state index in [0.717, 1.165) is 36.4 Å². The van der Waals surface area contributed by atoms with Crippen molar-refractivity contribution in [2.75, 3.05) is 18.0 Å². The van der Waals surface area contributed by atoms with E-state index in [4.69, 9.17) is 11.6 Å².